The highest BCUT2D eigenvalue weighted by molar-refractivity contribution is 5.32. The number of nitrogens with zero attached hydrogens (tertiary/aromatic N) is 4. The zero-order chi connectivity index (χ0) is 12.4. The van der Waals surface area contributed by atoms with Gasteiger partial charge in [0.15, 0.2) is 5.82 Å². The predicted octanol–water partition coefficient (Wildman–Crippen LogP) is 1.65. The Kier molecular flexibility index (Phi) is 2.83. The van der Waals surface area contributed by atoms with E-state index in [1.54, 1.807) is 0 Å². The summed E-state index contributed by atoms with van der Waals surface area (Å²) in [6.45, 7) is 0. The molecule has 0 radical (unpaired) electrons. The van der Waals surface area contributed by atoms with Gasteiger partial charge in [-0.3, -0.25) is 0 Å². The molecular weight excluding hydrogens is 226 g/mol. The molecule has 1 saturated carbocycles. The Hall–Kier alpha value is -1.75. The van der Waals surface area contributed by atoms with Gasteiger partial charge in [-0.2, -0.15) is 4.68 Å². The minimum atomic E-state index is -0.0701. The van der Waals surface area contributed by atoms with Gasteiger partial charge in [0.2, 0.25) is 0 Å². The Labute approximate surface area is 106 Å². The first-order valence-electron chi connectivity index (χ1n) is 6.39. The molecule has 1 N–H and O–H groups in total. The third-order valence-corrected chi connectivity index (χ3v) is 3.83. The van der Waals surface area contributed by atoms with E-state index in [0.717, 1.165) is 24.4 Å². The van der Waals surface area contributed by atoms with Crippen LogP contribution in [0.5, 0.6) is 0 Å². The van der Waals surface area contributed by atoms with Crippen LogP contribution in [0.2, 0.25) is 0 Å². The largest absolute Gasteiger partial charge is 0.308 e. The standard InChI is InChI=1S/C13H17N5/c1-14-13(9-5-6-10-13)12-15-16-17-18(12)11-7-3-2-4-8-11/h2-4,7-8,14H,5-6,9-10H2,1H3. The molecule has 0 aliphatic heterocycles. The summed E-state index contributed by atoms with van der Waals surface area (Å²) in [5.41, 5.74) is 0.943. The van der Waals surface area contributed by atoms with Crippen molar-refractivity contribution in [1.29, 1.82) is 0 Å². The summed E-state index contributed by atoms with van der Waals surface area (Å²) in [5, 5.41) is 15.7. The Morgan fingerprint density at radius 2 is 1.89 bits per heavy atom. The molecule has 2 aromatic rings. The molecule has 0 saturated heterocycles. The Balaban J connectivity index is 2.06. The summed E-state index contributed by atoms with van der Waals surface area (Å²) in [5.74, 6) is 0.925. The van der Waals surface area contributed by atoms with Crippen LogP contribution in [0.15, 0.2) is 30.3 Å². The van der Waals surface area contributed by atoms with Crippen molar-refractivity contribution in [3.63, 3.8) is 0 Å². The molecule has 0 spiro atoms. The van der Waals surface area contributed by atoms with Crippen LogP contribution in [0.25, 0.3) is 5.69 Å². The van der Waals surface area contributed by atoms with E-state index in [0.29, 0.717) is 0 Å². The Morgan fingerprint density at radius 1 is 1.17 bits per heavy atom. The summed E-state index contributed by atoms with van der Waals surface area (Å²) in [6.07, 6.45) is 4.64. The fourth-order valence-electron chi connectivity index (χ4n) is 2.79. The summed E-state index contributed by atoms with van der Waals surface area (Å²) < 4.78 is 1.85. The van der Waals surface area contributed by atoms with Gasteiger partial charge in [-0.25, -0.2) is 0 Å². The highest BCUT2D eigenvalue weighted by Crippen LogP contribution is 2.37. The normalized spacial score (nSPS) is 18.1. The average molecular weight is 243 g/mol. The highest BCUT2D eigenvalue weighted by atomic mass is 15.6. The second-order valence-electron chi connectivity index (χ2n) is 4.79. The lowest BCUT2D eigenvalue weighted by atomic mass is 9.96. The molecule has 1 aromatic carbocycles. The van der Waals surface area contributed by atoms with Crippen LogP contribution in [-0.2, 0) is 5.54 Å². The molecule has 1 fully saturated rings. The van der Waals surface area contributed by atoms with E-state index in [4.69, 9.17) is 0 Å². The number of hydrogen-bond acceptors (Lipinski definition) is 4. The zero-order valence-electron chi connectivity index (χ0n) is 10.5. The lowest BCUT2D eigenvalue weighted by Gasteiger charge is -2.26. The van der Waals surface area contributed by atoms with E-state index in [-0.39, 0.29) is 5.54 Å². The molecule has 0 atom stereocenters. The molecule has 3 rings (SSSR count). The van der Waals surface area contributed by atoms with Gasteiger partial charge in [-0.15, -0.1) is 5.10 Å². The van der Waals surface area contributed by atoms with Crippen LogP contribution in [0.4, 0.5) is 0 Å². The van der Waals surface area contributed by atoms with E-state index < -0.39 is 0 Å². The van der Waals surface area contributed by atoms with Crippen molar-refractivity contribution in [3.8, 4) is 5.69 Å². The molecule has 18 heavy (non-hydrogen) atoms. The summed E-state index contributed by atoms with van der Waals surface area (Å²) in [4.78, 5) is 0. The smallest absolute Gasteiger partial charge is 0.176 e. The fourth-order valence-corrected chi connectivity index (χ4v) is 2.79. The van der Waals surface area contributed by atoms with Gasteiger partial charge in [0.05, 0.1) is 11.2 Å². The molecule has 1 aliphatic carbocycles. The number of hydrogen-bond donors (Lipinski definition) is 1. The maximum absolute atomic E-state index is 4.26. The lowest BCUT2D eigenvalue weighted by molar-refractivity contribution is 0.341. The quantitative estimate of drug-likeness (QED) is 0.890. The van der Waals surface area contributed by atoms with Crippen LogP contribution in [-0.4, -0.2) is 27.3 Å². The van der Waals surface area contributed by atoms with Crippen LogP contribution in [0.1, 0.15) is 31.5 Å². The maximum atomic E-state index is 4.26. The average Bonchev–Trinajstić information content (AvgIpc) is 3.09. The van der Waals surface area contributed by atoms with E-state index in [9.17, 15) is 0 Å². The van der Waals surface area contributed by atoms with Gasteiger partial charge in [0.25, 0.3) is 0 Å². The number of para-hydroxylation sites is 1. The molecule has 1 aromatic heterocycles. The zero-order valence-corrected chi connectivity index (χ0v) is 10.5. The highest BCUT2D eigenvalue weighted by Gasteiger charge is 2.39. The number of tetrazole rings is 1. The van der Waals surface area contributed by atoms with Gasteiger partial charge in [0.1, 0.15) is 0 Å². The van der Waals surface area contributed by atoms with Crippen molar-refractivity contribution in [3.05, 3.63) is 36.2 Å². The third kappa shape index (κ3) is 1.71. The van der Waals surface area contributed by atoms with Gasteiger partial charge < -0.3 is 5.32 Å². The van der Waals surface area contributed by atoms with E-state index in [1.807, 2.05) is 42.1 Å². The van der Waals surface area contributed by atoms with E-state index in [1.165, 1.54) is 12.8 Å². The van der Waals surface area contributed by atoms with Crippen molar-refractivity contribution < 1.29 is 0 Å². The molecule has 0 unspecified atom stereocenters. The van der Waals surface area contributed by atoms with E-state index >= 15 is 0 Å². The molecule has 1 aliphatic rings. The maximum Gasteiger partial charge on any atom is 0.176 e. The van der Waals surface area contributed by atoms with Crippen molar-refractivity contribution in [1.82, 2.24) is 25.5 Å². The molecule has 1 heterocycles. The monoisotopic (exact) mass is 243 g/mol. The van der Waals surface area contributed by atoms with Crippen molar-refractivity contribution in [2.45, 2.75) is 31.2 Å². The molecule has 5 nitrogen and oxygen atoms in total. The lowest BCUT2D eigenvalue weighted by Crippen LogP contribution is -2.39. The first-order chi connectivity index (χ1) is 8.86. The Morgan fingerprint density at radius 3 is 2.56 bits per heavy atom. The Bertz CT molecular complexity index is 513. The number of nitrogens with one attached hydrogen (secondary N) is 1. The minimum absolute atomic E-state index is 0.0701. The fraction of sp³-hybridized carbons (Fsp3) is 0.462. The number of aromatic nitrogens is 4. The topological polar surface area (TPSA) is 55.6 Å². The summed E-state index contributed by atoms with van der Waals surface area (Å²) >= 11 is 0. The van der Waals surface area contributed by atoms with E-state index in [2.05, 4.69) is 20.8 Å². The molecule has 5 heteroatoms. The molecular formula is C13H17N5. The second-order valence-corrected chi connectivity index (χ2v) is 4.79. The number of rotatable bonds is 3. The van der Waals surface area contributed by atoms with Crippen LogP contribution < -0.4 is 5.32 Å². The first-order valence-corrected chi connectivity index (χ1v) is 6.39. The van der Waals surface area contributed by atoms with Gasteiger partial charge in [-0.05, 0) is 42.4 Å². The van der Waals surface area contributed by atoms with Crippen molar-refractivity contribution >= 4 is 0 Å². The predicted molar refractivity (Wildman–Crippen MR) is 68.4 cm³/mol. The summed E-state index contributed by atoms with van der Waals surface area (Å²) in [6, 6.07) is 10.1. The van der Waals surface area contributed by atoms with Crippen LogP contribution >= 0.6 is 0 Å². The van der Waals surface area contributed by atoms with Crippen molar-refractivity contribution in [2.24, 2.45) is 0 Å². The third-order valence-electron chi connectivity index (χ3n) is 3.83. The minimum Gasteiger partial charge on any atom is -0.308 e. The second kappa shape index (κ2) is 4.49. The molecule has 0 amide bonds. The summed E-state index contributed by atoms with van der Waals surface area (Å²) in [7, 11) is 2.00. The van der Waals surface area contributed by atoms with Gasteiger partial charge in [0, 0.05) is 0 Å². The molecule has 0 bridgehead atoms. The van der Waals surface area contributed by atoms with Gasteiger partial charge >= 0.3 is 0 Å². The molecule has 94 valence electrons. The van der Waals surface area contributed by atoms with Crippen molar-refractivity contribution in [2.75, 3.05) is 7.05 Å². The van der Waals surface area contributed by atoms with Crippen LogP contribution in [0, 0.1) is 0 Å². The SMILES string of the molecule is CNC1(c2nnnn2-c2ccccc2)CCCC1. The first kappa shape index (κ1) is 11.3. The van der Waals surface area contributed by atoms with Gasteiger partial charge in [-0.1, -0.05) is 31.0 Å². The van der Waals surface area contributed by atoms with Crippen LogP contribution in [0.3, 0.4) is 0 Å². The number of benzene rings is 1.